The Morgan fingerprint density at radius 1 is 1.12 bits per heavy atom. The van der Waals surface area contributed by atoms with E-state index in [-0.39, 0.29) is 17.7 Å². The largest absolute Gasteiger partial charge is 0.272 e. The molecule has 1 aliphatic carbocycles. The first kappa shape index (κ1) is 10.3. The van der Waals surface area contributed by atoms with Crippen molar-refractivity contribution in [1.82, 2.24) is 0 Å². The third-order valence-corrected chi connectivity index (χ3v) is 3.38. The summed E-state index contributed by atoms with van der Waals surface area (Å²) in [6.07, 6.45) is 7.92. The molecule has 1 aromatic carbocycles. The maximum Gasteiger partial charge on any atom is 0.251 e. The highest BCUT2D eigenvalue weighted by atomic mass is 16.2. The molecule has 3 heteroatoms. The zero-order valence-corrected chi connectivity index (χ0v) is 9.49. The van der Waals surface area contributed by atoms with E-state index in [0.29, 0.717) is 0 Å². The molecule has 0 aromatic heterocycles. The van der Waals surface area contributed by atoms with Crippen molar-refractivity contribution < 1.29 is 4.79 Å². The smallest absolute Gasteiger partial charge is 0.251 e. The molecular formula is C14H14N2O. The third-order valence-electron chi connectivity index (χ3n) is 3.38. The number of allylic oxidation sites excluding steroid dienone is 2. The summed E-state index contributed by atoms with van der Waals surface area (Å²) in [5.74, 6) is 0.471. The predicted octanol–water partition coefficient (Wildman–Crippen LogP) is 2.60. The van der Waals surface area contributed by atoms with Gasteiger partial charge in [0.05, 0.1) is 11.6 Å². The van der Waals surface area contributed by atoms with Crippen molar-refractivity contribution in [2.45, 2.75) is 12.8 Å². The highest BCUT2D eigenvalue weighted by Gasteiger charge is 2.35. The van der Waals surface area contributed by atoms with E-state index in [0.717, 1.165) is 18.5 Å². The number of hydrogen-bond acceptors (Lipinski definition) is 2. The van der Waals surface area contributed by atoms with Crippen LogP contribution >= 0.6 is 0 Å². The Labute approximate surface area is 100 Å². The van der Waals surface area contributed by atoms with Gasteiger partial charge in [-0.2, -0.15) is 5.10 Å². The number of rotatable bonds is 1. The van der Waals surface area contributed by atoms with Crippen LogP contribution in [-0.4, -0.2) is 12.1 Å². The number of fused-ring (bicyclic) bond motifs is 1. The summed E-state index contributed by atoms with van der Waals surface area (Å²) in [5.41, 5.74) is 0.849. The van der Waals surface area contributed by atoms with Crippen molar-refractivity contribution in [2.24, 2.45) is 16.9 Å². The SMILES string of the molecule is O=C1C2CC=CCC2C=NN1c1ccccc1. The number of amides is 1. The molecule has 0 spiro atoms. The first-order valence-electron chi connectivity index (χ1n) is 5.94. The molecule has 86 valence electrons. The minimum atomic E-state index is 0.0673. The summed E-state index contributed by atoms with van der Waals surface area (Å²) >= 11 is 0. The summed E-state index contributed by atoms with van der Waals surface area (Å²) in [5, 5.41) is 5.82. The molecule has 1 aliphatic heterocycles. The van der Waals surface area contributed by atoms with Gasteiger partial charge in [-0.25, -0.2) is 5.01 Å². The minimum absolute atomic E-state index is 0.0673. The molecule has 3 nitrogen and oxygen atoms in total. The van der Waals surface area contributed by atoms with Gasteiger partial charge in [0, 0.05) is 12.1 Å². The van der Waals surface area contributed by atoms with Gasteiger partial charge in [0.1, 0.15) is 0 Å². The first-order chi connectivity index (χ1) is 8.36. The molecule has 1 heterocycles. The van der Waals surface area contributed by atoms with Gasteiger partial charge in [0.15, 0.2) is 0 Å². The second kappa shape index (κ2) is 4.17. The van der Waals surface area contributed by atoms with E-state index in [1.54, 1.807) is 0 Å². The standard InChI is InChI=1S/C14H14N2O/c17-14-13-9-5-4-6-11(13)10-15-16(14)12-7-2-1-3-8-12/h1-5,7-8,10-11,13H,6,9H2. The molecule has 2 atom stereocenters. The molecule has 2 unspecified atom stereocenters. The van der Waals surface area contributed by atoms with E-state index in [4.69, 9.17) is 0 Å². The van der Waals surface area contributed by atoms with Crippen molar-refractivity contribution >= 4 is 17.8 Å². The average Bonchev–Trinajstić information content (AvgIpc) is 2.40. The number of hydrogen-bond donors (Lipinski definition) is 0. The van der Waals surface area contributed by atoms with Crippen LogP contribution in [0.1, 0.15) is 12.8 Å². The lowest BCUT2D eigenvalue weighted by Crippen LogP contribution is -2.41. The van der Waals surface area contributed by atoms with Gasteiger partial charge in [-0.3, -0.25) is 4.79 Å². The van der Waals surface area contributed by atoms with Crippen LogP contribution in [0.2, 0.25) is 0 Å². The summed E-state index contributed by atoms with van der Waals surface area (Å²) in [6.45, 7) is 0. The van der Waals surface area contributed by atoms with Crippen LogP contribution in [0.25, 0.3) is 0 Å². The molecule has 3 rings (SSSR count). The van der Waals surface area contributed by atoms with Gasteiger partial charge in [-0.05, 0) is 25.0 Å². The van der Waals surface area contributed by atoms with E-state index in [1.165, 1.54) is 5.01 Å². The summed E-state index contributed by atoms with van der Waals surface area (Å²) < 4.78 is 0. The zero-order valence-electron chi connectivity index (χ0n) is 9.49. The average molecular weight is 226 g/mol. The summed E-state index contributed by atoms with van der Waals surface area (Å²) in [4.78, 5) is 12.3. The maximum atomic E-state index is 12.3. The molecule has 0 bridgehead atoms. The van der Waals surface area contributed by atoms with Crippen molar-refractivity contribution in [1.29, 1.82) is 0 Å². The van der Waals surface area contributed by atoms with Gasteiger partial charge in [-0.1, -0.05) is 30.4 Å². The maximum absolute atomic E-state index is 12.3. The lowest BCUT2D eigenvalue weighted by molar-refractivity contribution is -0.123. The molecule has 0 radical (unpaired) electrons. The molecule has 0 fully saturated rings. The van der Waals surface area contributed by atoms with Crippen molar-refractivity contribution in [3.05, 3.63) is 42.5 Å². The van der Waals surface area contributed by atoms with Gasteiger partial charge >= 0.3 is 0 Å². The van der Waals surface area contributed by atoms with Crippen molar-refractivity contribution in [3.8, 4) is 0 Å². The van der Waals surface area contributed by atoms with Crippen LogP contribution in [0, 0.1) is 11.8 Å². The van der Waals surface area contributed by atoms with Crippen LogP contribution in [0.15, 0.2) is 47.6 Å². The van der Waals surface area contributed by atoms with Gasteiger partial charge in [0.2, 0.25) is 0 Å². The van der Waals surface area contributed by atoms with Crippen molar-refractivity contribution in [3.63, 3.8) is 0 Å². The summed E-state index contributed by atoms with van der Waals surface area (Å²) in [6, 6.07) is 9.60. The second-order valence-electron chi connectivity index (χ2n) is 4.46. The van der Waals surface area contributed by atoms with Crippen LogP contribution in [-0.2, 0) is 4.79 Å². The highest BCUT2D eigenvalue weighted by Crippen LogP contribution is 2.31. The van der Waals surface area contributed by atoms with E-state index in [1.807, 2.05) is 36.5 Å². The Morgan fingerprint density at radius 2 is 1.88 bits per heavy atom. The molecule has 17 heavy (non-hydrogen) atoms. The topological polar surface area (TPSA) is 32.7 Å². The van der Waals surface area contributed by atoms with Gasteiger partial charge in [-0.15, -0.1) is 0 Å². The number of hydrazone groups is 1. The molecule has 0 saturated heterocycles. The number of carbonyl (C=O) groups is 1. The van der Waals surface area contributed by atoms with Crippen molar-refractivity contribution in [2.75, 3.05) is 5.01 Å². The summed E-state index contributed by atoms with van der Waals surface area (Å²) in [7, 11) is 0. The first-order valence-corrected chi connectivity index (χ1v) is 5.94. The van der Waals surface area contributed by atoms with E-state index < -0.39 is 0 Å². The third kappa shape index (κ3) is 1.78. The number of nitrogens with zero attached hydrogens (tertiary/aromatic N) is 2. The second-order valence-corrected chi connectivity index (χ2v) is 4.46. The highest BCUT2D eigenvalue weighted by molar-refractivity contribution is 5.99. The number of para-hydroxylation sites is 1. The fourth-order valence-corrected chi connectivity index (χ4v) is 2.41. The van der Waals surface area contributed by atoms with Crippen LogP contribution in [0.5, 0.6) is 0 Å². The lowest BCUT2D eigenvalue weighted by Gasteiger charge is -2.32. The van der Waals surface area contributed by atoms with Gasteiger partial charge < -0.3 is 0 Å². The lowest BCUT2D eigenvalue weighted by atomic mass is 9.82. The molecular weight excluding hydrogens is 212 g/mol. The number of anilines is 1. The minimum Gasteiger partial charge on any atom is -0.272 e. The number of carbonyl (C=O) groups excluding carboxylic acids is 1. The fourth-order valence-electron chi connectivity index (χ4n) is 2.41. The molecule has 0 saturated carbocycles. The number of benzene rings is 1. The predicted molar refractivity (Wildman–Crippen MR) is 67.8 cm³/mol. The van der Waals surface area contributed by atoms with Crippen LogP contribution in [0.3, 0.4) is 0 Å². The Morgan fingerprint density at radius 3 is 2.71 bits per heavy atom. The van der Waals surface area contributed by atoms with E-state index in [2.05, 4.69) is 17.3 Å². The Kier molecular flexibility index (Phi) is 2.52. The molecule has 2 aliphatic rings. The van der Waals surface area contributed by atoms with Crippen LogP contribution < -0.4 is 5.01 Å². The van der Waals surface area contributed by atoms with Crippen LogP contribution in [0.4, 0.5) is 5.69 Å². The molecule has 1 aromatic rings. The monoisotopic (exact) mass is 226 g/mol. The molecule has 0 N–H and O–H groups in total. The normalized spacial score (nSPS) is 27.1. The van der Waals surface area contributed by atoms with Gasteiger partial charge in [0.25, 0.3) is 5.91 Å². The zero-order chi connectivity index (χ0) is 11.7. The molecule has 1 amide bonds. The fraction of sp³-hybridized carbons (Fsp3) is 0.286. The van der Waals surface area contributed by atoms with E-state index >= 15 is 0 Å². The Balaban J connectivity index is 1.92. The Bertz CT molecular complexity index is 478. The Hall–Kier alpha value is -1.90. The quantitative estimate of drug-likeness (QED) is 0.677. The van der Waals surface area contributed by atoms with E-state index in [9.17, 15) is 4.79 Å².